The number of nitrogens with one attached hydrogen (secondary N) is 2. The van der Waals surface area contributed by atoms with E-state index in [0.717, 1.165) is 9.80 Å². The number of amides is 2. The van der Waals surface area contributed by atoms with Crippen molar-refractivity contribution in [3.05, 3.63) is 0 Å². The lowest BCUT2D eigenvalue weighted by molar-refractivity contribution is -0.321. The van der Waals surface area contributed by atoms with Crippen molar-refractivity contribution in [2.24, 2.45) is 0 Å². The fourth-order valence-electron chi connectivity index (χ4n) is 3.05. The van der Waals surface area contributed by atoms with Gasteiger partial charge in [0.25, 0.3) is 0 Å². The number of aliphatic carboxylic acids is 5. The van der Waals surface area contributed by atoms with Crippen molar-refractivity contribution in [1.29, 1.82) is 0 Å². The van der Waals surface area contributed by atoms with Crippen LogP contribution in [0, 0.1) is 0 Å². The molecule has 16 nitrogen and oxygen atoms in total. The minimum absolute atomic E-state index is 0.0255. The molecule has 0 aromatic carbocycles. The summed E-state index contributed by atoms with van der Waals surface area (Å²) in [4.78, 5) is 81.5. The van der Waals surface area contributed by atoms with Crippen LogP contribution >= 0.6 is 0 Å². The van der Waals surface area contributed by atoms with E-state index in [2.05, 4.69) is 0 Å². The molecule has 0 heterocycles. The van der Waals surface area contributed by atoms with Crippen molar-refractivity contribution < 1.29 is 59.1 Å². The van der Waals surface area contributed by atoms with Gasteiger partial charge in [0, 0.05) is 57.3 Å². The van der Waals surface area contributed by atoms with Crippen LogP contribution in [0.5, 0.6) is 0 Å². The van der Waals surface area contributed by atoms with Gasteiger partial charge in [-0.15, -0.1) is 0 Å². The molecule has 0 rings (SSSR count). The number of rotatable bonds is 19. The number of hydrogen-bond acceptors (Lipinski definition) is 14. The molecule has 16 heteroatoms. The first-order valence-electron chi connectivity index (χ1n) is 10.7. The van der Waals surface area contributed by atoms with Gasteiger partial charge in [-0.2, -0.15) is 0 Å². The van der Waals surface area contributed by atoms with Gasteiger partial charge < -0.3 is 60.1 Å². The minimum atomic E-state index is -1.88. The number of carboxylic acids is 5. The third kappa shape index (κ3) is 12.6. The van der Waals surface area contributed by atoms with E-state index in [9.17, 15) is 59.1 Å². The summed E-state index contributed by atoms with van der Waals surface area (Å²) in [6.45, 7) is 0.472. The van der Waals surface area contributed by atoms with Gasteiger partial charge in [0.15, 0.2) is 0 Å². The Labute approximate surface area is 205 Å². The van der Waals surface area contributed by atoms with E-state index in [1.54, 1.807) is 6.92 Å². The zero-order valence-corrected chi connectivity index (χ0v) is 19.7. The molecule has 0 radical (unpaired) electrons. The maximum Gasteiger partial charge on any atom is 0.223 e. The highest BCUT2D eigenvalue weighted by molar-refractivity contribution is 5.87. The van der Waals surface area contributed by atoms with Gasteiger partial charge in [-0.25, -0.2) is 0 Å². The van der Waals surface area contributed by atoms with Crippen LogP contribution in [-0.2, 0) is 33.6 Å². The number of likely N-dealkylation sites (N-methyl/N-ethyl adjacent to an activating group) is 1. The molecule has 204 valence electrons. The fraction of sp³-hybridized carbons (Fsp3) is 0.650. The van der Waals surface area contributed by atoms with Crippen molar-refractivity contribution in [2.75, 3.05) is 26.7 Å². The fourth-order valence-corrected chi connectivity index (χ4v) is 3.05. The van der Waals surface area contributed by atoms with E-state index in [4.69, 9.17) is 0 Å². The summed E-state index contributed by atoms with van der Waals surface area (Å²) in [5.74, 6) is -10.5. The van der Waals surface area contributed by atoms with Gasteiger partial charge in [0.05, 0.1) is 30.0 Å². The highest BCUT2D eigenvalue weighted by Gasteiger charge is 2.24. The van der Waals surface area contributed by atoms with Crippen LogP contribution in [0.2, 0.25) is 0 Å². The molecular weight excluding hydrogens is 488 g/mol. The van der Waals surface area contributed by atoms with Crippen molar-refractivity contribution in [1.82, 2.24) is 20.4 Å². The zero-order chi connectivity index (χ0) is 28.0. The Morgan fingerprint density at radius 1 is 0.667 bits per heavy atom. The smallest absolute Gasteiger partial charge is 0.223 e. The van der Waals surface area contributed by atoms with Crippen molar-refractivity contribution in [2.45, 2.75) is 57.3 Å². The molecule has 0 aromatic rings. The molecule has 0 saturated carbocycles. The molecule has 0 spiro atoms. The van der Waals surface area contributed by atoms with E-state index < -0.39 is 85.7 Å². The number of nitrogens with zero attached hydrogens (tertiary/aromatic N) is 2. The predicted molar refractivity (Wildman–Crippen MR) is 106 cm³/mol. The molecule has 0 saturated heterocycles. The monoisotopic (exact) mass is 515 g/mol. The van der Waals surface area contributed by atoms with E-state index in [1.807, 2.05) is 10.6 Å². The topological polar surface area (TPSA) is 265 Å². The van der Waals surface area contributed by atoms with Crippen LogP contribution in [0.4, 0.5) is 0 Å². The molecule has 2 amide bonds. The molecule has 1 unspecified atom stereocenters. The average molecular weight is 515 g/mol. The molecule has 0 aliphatic rings. The molecule has 0 aromatic heterocycles. The number of carboxylic acid groups (broad SMARTS) is 5. The Morgan fingerprint density at radius 2 is 1.14 bits per heavy atom. The average Bonchev–Trinajstić information content (AvgIpc) is 2.75. The van der Waals surface area contributed by atoms with Crippen molar-refractivity contribution in [3.63, 3.8) is 0 Å². The third-order valence-corrected chi connectivity index (χ3v) is 4.93. The standard InChI is InChI=1S/C20H32N4O12/c1-3-4-13(25)21-17(20(35)36)22-14(26)5-6-24(12(19(33)34)10-16(29)30)8-7-23(2)11(18(31)32)9-15(27)28/h11-12,17H,3-10H2,1-2H3,(H,21,25)(H,22,26)(H,27,28)(H,29,30)(H,31,32)(H,33,34)(H,35,36)/p-5/t11-,12-,17?/m1/s1. The molecule has 0 fully saturated rings. The van der Waals surface area contributed by atoms with Crippen LogP contribution in [-0.4, -0.2) is 96.4 Å². The maximum atomic E-state index is 12.2. The highest BCUT2D eigenvalue weighted by Crippen LogP contribution is 2.08. The Bertz CT molecular complexity index is 834. The van der Waals surface area contributed by atoms with Crippen molar-refractivity contribution >= 4 is 41.7 Å². The van der Waals surface area contributed by atoms with Crippen LogP contribution in [0.3, 0.4) is 0 Å². The van der Waals surface area contributed by atoms with Crippen LogP contribution in [0.25, 0.3) is 0 Å². The maximum absolute atomic E-state index is 12.2. The normalized spacial score (nSPS) is 13.4. The molecule has 0 aliphatic carbocycles. The largest absolute Gasteiger partial charge is 0.550 e. The summed E-state index contributed by atoms with van der Waals surface area (Å²) >= 11 is 0. The molecule has 2 N–H and O–H groups in total. The lowest BCUT2D eigenvalue weighted by Gasteiger charge is -2.36. The number of carbonyl (C=O) groups excluding carboxylic acids is 7. The quantitative estimate of drug-likeness (QED) is 0.151. The van der Waals surface area contributed by atoms with E-state index >= 15 is 0 Å². The van der Waals surface area contributed by atoms with Crippen LogP contribution < -0.4 is 36.2 Å². The summed E-state index contributed by atoms with van der Waals surface area (Å²) in [5, 5.41) is 59.7. The summed E-state index contributed by atoms with van der Waals surface area (Å²) < 4.78 is 0. The summed E-state index contributed by atoms with van der Waals surface area (Å²) in [7, 11) is 1.19. The SMILES string of the molecule is CCCC(=O)NC(NC(=O)CCN(CCN(C)[C@H](CC(=O)[O-])C(=O)[O-])[C@H](CC(=O)[O-])C(=O)[O-])C(=O)[O-]. The molecule has 36 heavy (non-hydrogen) atoms. The molecular formula is C20H27N4O12-5. The number of carbonyl (C=O) groups is 7. The lowest BCUT2D eigenvalue weighted by Crippen LogP contribution is -2.58. The lowest BCUT2D eigenvalue weighted by atomic mass is 10.1. The van der Waals surface area contributed by atoms with Gasteiger partial charge in [-0.05, 0) is 13.5 Å². The van der Waals surface area contributed by atoms with Gasteiger partial charge in [-0.1, -0.05) is 6.92 Å². The third-order valence-electron chi connectivity index (χ3n) is 4.93. The summed E-state index contributed by atoms with van der Waals surface area (Å²) in [6.07, 6.45) is -4.11. The van der Waals surface area contributed by atoms with Crippen molar-refractivity contribution in [3.8, 4) is 0 Å². The van der Waals surface area contributed by atoms with Gasteiger partial charge in [-0.3, -0.25) is 19.4 Å². The van der Waals surface area contributed by atoms with E-state index in [-0.39, 0.29) is 19.5 Å². The second-order valence-corrected chi connectivity index (χ2v) is 7.73. The molecule has 0 bridgehead atoms. The molecule has 3 atom stereocenters. The predicted octanol–water partition coefficient (Wildman–Crippen LogP) is -8.76. The van der Waals surface area contributed by atoms with Gasteiger partial charge in [0.1, 0.15) is 6.17 Å². The number of hydrogen-bond donors (Lipinski definition) is 2. The Kier molecular flexibility index (Phi) is 14.3. The van der Waals surface area contributed by atoms with E-state index in [0.29, 0.717) is 6.42 Å². The van der Waals surface area contributed by atoms with E-state index in [1.165, 1.54) is 7.05 Å². The Morgan fingerprint density at radius 3 is 1.56 bits per heavy atom. The van der Waals surface area contributed by atoms with Gasteiger partial charge in [0.2, 0.25) is 11.8 Å². The first kappa shape index (κ1) is 32.2. The summed E-state index contributed by atoms with van der Waals surface area (Å²) in [6, 6.07) is -3.49. The minimum Gasteiger partial charge on any atom is -0.550 e. The zero-order valence-electron chi connectivity index (χ0n) is 19.7. The van der Waals surface area contributed by atoms with Crippen LogP contribution in [0.15, 0.2) is 0 Å². The second kappa shape index (κ2) is 16.0. The first-order valence-corrected chi connectivity index (χ1v) is 10.7. The molecule has 0 aliphatic heterocycles. The highest BCUT2D eigenvalue weighted by atomic mass is 16.4. The first-order chi connectivity index (χ1) is 16.7. The van der Waals surface area contributed by atoms with Crippen LogP contribution in [0.1, 0.15) is 39.0 Å². The van der Waals surface area contributed by atoms with Gasteiger partial charge >= 0.3 is 0 Å². The second-order valence-electron chi connectivity index (χ2n) is 7.73. The summed E-state index contributed by atoms with van der Waals surface area (Å²) in [5.41, 5.74) is 0. The Balaban J connectivity index is 5.47. The Hall–Kier alpha value is -3.79.